The second-order valence-electron chi connectivity index (χ2n) is 7.58. The van der Waals surface area contributed by atoms with Crippen molar-refractivity contribution in [1.82, 2.24) is 9.69 Å². The summed E-state index contributed by atoms with van der Waals surface area (Å²) in [7, 11) is 0. The quantitative estimate of drug-likeness (QED) is 0.552. The summed E-state index contributed by atoms with van der Waals surface area (Å²) in [5.41, 5.74) is 11.6. The van der Waals surface area contributed by atoms with Crippen molar-refractivity contribution in [2.75, 3.05) is 10.6 Å². The van der Waals surface area contributed by atoms with Crippen LogP contribution in [0.1, 0.15) is 65.6 Å². The second-order valence-corrected chi connectivity index (χ2v) is 8.79. The number of carbonyl (C=O) groups excluding carboxylic acids is 3. The van der Waals surface area contributed by atoms with E-state index in [-0.39, 0.29) is 28.2 Å². The van der Waals surface area contributed by atoms with Crippen LogP contribution in [0.15, 0.2) is 24.3 Å². The number of rotatable bonds is 8. The van der Waals surface area contributed by atoms with Crippen LogP contribution in [0.3, 0.4) is 0 Å². The maximum atomic E-state index is 13.6. The van der Waals surface area contributed by atoms with Crippen molar-refractivity contribution in [3.05, 3.63) is 39.9 Å². The molecule has 31 heavy (non-hydrogen) atoms. The lowest BCUT2D eigenvalue weighted by Crippen LogP contribution is -2.51. The summed E-state index contributed by atoms with van der Waals surface area (Å²) >= 11 is 6.83. The van der Waals surface area contributed by atoms with E-state index < -0.39 is 17.9 Å². The normalized spacial score (nSPS) is 14.9. The Morgan fingerprint density at radius 1 is 1.26 bits per heavy atom. The van der Waals surface area contributed by atoms with Crippen LogP contribution in [0, 0.1) is 0 Å². The van der Waals surface area contributed by atoms with E-state index in [0.29, 0.717) is 23.6 Å². The number of nitrogens with one attached hydrogen (secondary N) is 1. The Kier molecular flexibility index (Phi) is 7.50. The molecule has 0 radical (unpaired) electrons. The van der Waals surface area contributed by atoms with Crippen molar-refractivity contribution in [3.63, 3.8) is 0 Å². The molecule has 1 aliphatic carbocycles. The van der Waals surface area contributed by atoms with Gasteiger partial charge in [-0.3, -0.25) is 19.3 Å². The molecule has 1 fully saturated rings. The number of amides is 3. The Morgan fingerprint density at radius 2 is 1.90 bits per heavy atom. The first-order valence-electron chi connectivity index (χ1n) is 10.3. The molecule has 1 unspecified atom stereocenters. The third-order valence-corrected chi connectivity index (χ3v) is 6.46. The Labute approximate surface area is 190 Å². The molecule has 1 aliphatic rings. The van der Waals surface area contributed by atoms with Crippen LogP contribution in [-0.4, -0.2) is 34.2 Å². The predicted octanol–water partition coefficient (Wildman–Crippen LogP) is 3.35. The number of hydrogen-bond acceptors (Lipinski definition) is 6. The summed E-state index contributed by atoms with van der Waals surface area (Å²) in [5, 5.41) is 3.60. The van der Waals surface area contributed by atoms with E-state index in [2.05, 4.69) is 9.69 Å². The first-order valence-corrected chi connectivity index (χ1v) is 11.4. The average molecular weight is 464 g/mol. The van der Waals surface area contributed by atoms with Gasteiger partial charge in [0.25, 0.3) is 11.8 Å². The van der Waals surface area contributed by atoms with E-state index in [1.54, 1.807) is 24.3 Å². The molecule has 1 heterocycles. The lowest BCUT2D eigenvalue weighted by atomic mass is 10.1. The van der Waals surface area contributed by atoms with E-state index >= 15 is 0 Å². The molecule has 0 saturated heterocycles. The van der Waals surface area contributed by atoms with Gasteiger partial charge in [0.1, 0.15) is 10.9 Å². The molecule has 8 nitrogen and oxygen atoms in total. The molecule has 0 aliphatic heterocycles. The molecule has 10 heteroatoms. The third kappa shape index (κ3) is 5.16. The summed E-state index contributed by atoms with van der Waals surface area (Å²) in [5.74, 6) is -1.53. The third-order valence-electron chi connectivity index (χ3n) is 5.36. The van der Waals surface area contributed by atoms with Crippen LogP contribution in [0.2, 0.25) is 5.02 Å². The maximum absolute atomic E-state index is 13.6. The minimum absolute atomic E-state index is 0.0681. The van der Waals surface area contributed by atoms with E-state index in [1.807, 2.05) is 6.92 Å². The molecule has 166 valence electrons. The van der Waals surface area contributed by atoms with Crippen LogP contribution in [-0.2, 0) is 4.79 Å². The minimum atomic E-state index is -0.810. The van der Waals surface area contributed by atoms with Gasteiger partial charge < -0.3 is 16.8 Å². The van der Waals surface area contributed by atoms with Crippen molar-refractivity contribution < 1.29 is 14.4 Å². The molecule has 1 saturated carbocycles. The predicted molar refractivity (Wildman–Crippen MR) is 122 cm³/mol. The summed E-state index contributed by atoms with van der Waals surface area (Å²) in [6.07, 6.45) is 5.17. The van der Waals surface area contributed by atoms with Crippen molar-refractivity contribution in [2.45, 2.75) is 57.5 Å². The Bertz CT molecular complexity index is 956. The maximum Gasteiger partial charge on any atom is 0.272 e. The fourth-order valence-corrected chi connectivity index (χ4v) is 4.67. The van der Waals surface area contributed by atoms with Gasteiger partial charge in [-0.05, 0) is 55.1 Å². The Balaban J connectivity index is 2.01. The van der Waals surface area contributed by atoms with Crippen LogP contribution >= 0.6 is 23.1 Å². The molecule has 1 aromatic heterocycles. The fraction of sp³-hybridized carbons (Fsp3) is 0.429. The Morgan fingerprint density at radius 3 is 2.45 bits per heavy atom. The van der Waals surface area contributed by atoms with E-state index in [9.17, 15) is 14.4 Å². The smallest absolute Gasteiger partial charge is 0.272 e. The van der Waals surface area contributed by atoms with Gasteiger partial charge in [0.15, 0.2) is 5.69 Å². The highest BCUT2D eigenvalue weighted by molar-refractivity contribution is 7.09. The average Bonchev–Trinajstić information content (AvgIpc) is 3.38. The summed E-state index contributed by atoms with van der Waals surface area (Å²) in [4.78, 5) is 39.9. The lowest BCUT2D eigenvalue weighted by Gasteiger charge is -2.31. The fourth-order valence-electron chi connectivity index (χ4n) is 3.80. The van der Waals surface area contributed by atoms with Crippen molar-refractivity contribution in [3.8, 4) is 0 Å². The minimum Gasteiger partial charge on any atom is -0.395 e. The number of anilines is 2. The summed E-state index contributed by atoms with van der Waals surface area (Å²) in [6, 6.07) is 6.03. The van der Waals surface area contributed by atoms with Crippen LogP contribution in [0.4, 0.5) is 11.4 Å². The standard InChI is InChI=1S/C21H26ClN5O3S/c1-2-5-15(20(29)25-13-6-3-4-7-13)27(14-10-8-12(22)9-11-14)21(30)18-16(23)17(19(24)28)26-31-18/h8-11,13,15H,2-7,23H2,1H3,(H2,24,28)(H,25,29). The zero-order valence-corrected chi connectivity index (χ0v) is 18.8. The monoisotopic (exact) mass is 463 g/mol. The summed E-state index contributed by atoms with van der Waals surface area (Å²) < 4.78 is 3.93. The molecular weight excluding hydrogens is 438 g/mol. The van der Waals surface area contributed by atoms with Crippen LogP contribution in [0.5, 0.6) is 0 Å². The first-order chi connectivity index (χ1) is 14.8. The highest BCUT2D eigenvalue weighted by Crippen LogP contribution is 2.30. The molecule has 3 rings (SSSR count). The molecular formula is C21H26ClN5O3S. The highest BCUT2D eigenvalue weighted by Gasteiger charge is 2.35. The summed E-state index contributed by atoms with van der Waals surface area (Å²) in [6.45, 7) is 1.95. The SMILES string of the molecule is CCCC(C(=O)NC1CCCC1)N(C(=O)c1snc(C(N)=O)c1N)c1ccc(Cl)cc1. The van der Waals surface area contributed by atoms with Crippen molar-refractivity contribution in [2.24, 2.45) is 5.73 Å². The van der Waals surface area contributed by atoms with Crippen molar-refractivity contribution in [1.29, 1.82) is 0 Å². The van der Waals surface area contributed by atoms with Crippen molar-refractivity contribution >= 4 is 52.2 Å². The van der Waals surface area contributed by atoms with Crippen LogP contribution < -0.4 is 21.7 Å². The van der Waals surface area contributed by atoms with Gasteiger partial charge in [0.05, 0.1) is 5.69 Å². The van der Waals surface area contributed by atoms with Gasteiger partial charge >= 0.3 is 0 Å². The van der Waals surface area contributed by atoms with Gasteiger partial charge in [-0.25, -0.2) is 0 Å². The van der Waals surface area contributed by atoms with Gasteiger partial charge in [-0.2, -0.15) is 4.37 Å². The highest BCUT2D eigenvalue weighted by atomic mass is 35.5. The van der Waals surface area contributed by atoms with E-state index in [0.717, 1.165) is 37.2 Å². The number of hydrogen-bond donors (Lipinski definition) is 3. The number of halogens is 1. The number of nitrogen functional groups attached to an aromatic ring is 1. The van der Waals surface area contributed by atoms with Gasteiger partial charge in [-0.15, -0.1) is 0 Å². The van der Waals surface area contributed by atoms with E-state index in [1.165, 1.54) is 4.90 Å². The van der Waals surface area contributed by atoms with E-state index in [4.69, 9.17) is 23.1 Å². The molecule has 1 aromatic carbocycles. The number of carbonyl (C=O) groups is 3. The topological polar surface area (TPSA) is 131 Å². The van der Waals surface area contributed by atoms with Crippen LogP contribution in [0.25, 0.3) is 0 Å². The number of aromatic nitrogens is 1. The molecule has 3 amide bonds. The molecule has 5 N–H and O–H groups in total. The first kappa shape index (κ1) is 23.0. The number of nitrogens with zero attached hydrogens (tertiary/aromatic N) is 2. The molecule has 1 atom stereocenters. The largest absolute Gasteiger partial charge is 0.395 e. The zero-order chi connectivity index (χ0) is 22.5. The molecule has 2 aromatic rings. The van der Waals surface area contributed by atoms with Gasteiger partial charge in [-0.1, -0.05) is 37.8 Å². The second kappa shape index (κ2) is 10.1. The Hall–Kier alpha value is -2.65. The number of benzene rings is 1. The lowest BCUT2D eigenvalue weighted by molar-refractivity contribution is -0.123. The van der Waals surface area contributed by atoms with Gasteiger partial charge in [0.2, 0.25) is 5.91 Å². The number of primary amides is 1. The van der Waals surface area contributed by atoms with Gasteiger partial charge in [0, 0.05) is 16.8 Å². The molecule has 0 bridgehead atoms. The molecule has 0 spiro atoms. The zero-order valence-electron chi connectivity index (χ0n) is 17.3. The number of nitrogens with two attached hydrogens (primary N) is 2.